The van der Waals surface area contributed by atoms with Crippen LogP contribution in [0, 0.1) is 5.92 Å². The molecular formula is C12H18Br2O2. The van der Waals surface area contributed by atoms with E-state index >= 15 is 0 Å². The molecule has 1 fully saturated rings. The summed E-state index contributed by atoms with van der Waals surface area (Å²) in [5, 5.41) is 0. The van der Waals surface area contributed by atoms with Gasteiger partial charge in [0.2, 0.25) is 0 Å². The van der Waals surface area contributed by atoms with Crippen LogP contribution in [0.25, 0.3) is 0 Å². The smallest absolute Gasteiger partial charge is 0.164 e. The van der Waals surface area contributed by atoms with Crippen LogP contribution >= 0.6 is 31.9 Å². The van der Waals surface area contributed by atoms with E-state index in [1.165, 1.54) is 0 Å². The SMILES string of the molecule is C=C(C)[C@@H](C)[C@H]1OC(C)(C)O[C@H]1C=C(Br)Br. The van der Waals surface area contributed by atoms with Gasteiger partial charge < -0.3 is 9.47 Å². The molecule has 0 aromatic rings. The summed E-state index contributed by atoms with van der Waals surface area (Å²) >= 11 is 6.71. The highest BCUT2D eigenvalue weighted by Crippen LogP contribution is 2.36. The highest BCUT2D eigenvalue weighted by atomic mass is 79.9. The summed E-state index contributed by atoms with van der Waals surface area (Å²) in [7, 11) is 0. The average molecular weight is 354 g/mol. The van der Waals surface area contributed by atoms with E-state index in [0.29, 0.717) is 0 Å². The van der Waals surface area contributed by atoms with Crippen molar-refractivity contribution in [3.63, 3.8) is 0 Å². The Hall–Kier alpha value is 0.360. The van der Waals surface area contributed by atoms with Crippen LogP contribution in [0.4, 0.5) is 0 Å². The molecule has 1 saturated heterocycles. The monoisotopic (exact) mass is 352 g/mol. The molecule has 16 heavy (non-hydrogen) atoms. The first-order valence-electron chi connectivity index (χ1n) is 5.27. The van der Waals surface area contributed by atoms with Crippen molar-refractivity contribution >= 4 is 31.9 Å². The normalized spacial score (nSPS) is 29.9. The second-order valence-electron chi connectivity index (χ2n) is 4.66. The van der Waals surface area contributed by atoms with Crippen molar-refractivity contribution in [3.8, 4) is 0 Å². The predicted molar refractivity (Wildman–Crippen MR) is 73.7 cm³/mol. The van der Waals surface area contributed by atoms with E-state index in [2.05, 4.69) is 45.4 Å². The molecule has 1 rings (SSSR count). The number of hydrogen-bond donors (Lipinski definition) is 0. The minimum atomic E-state index is -0.537. The Morgan fingerprint density at radius 2 is 1.94 bits per heavy atom. The van der Waals surface area contributed by atoms with Crippen molar-refractivity contribution in [1.29, 1.82) is 0 Å². The lowest BCUT2D eigenvalue weighted by molar-refractivity contribution is -0.146. The van der Waals surface area contributed by atoms with Gasteiger partial charge in [-0.25, -0.2) is 0 Å². The van der Waals surface area contributed by atoms with Gasteiger partial charge in [0, 0.05) is 5.92 Å². The fourth-order valence-electron chi connectivity index (χ4n) is 1.74. The highest BCUT2D eigenvalue weighted by Gasteiger charge is 2.42. The maximum absolute atomic E-state index is 5.92. The van der Waals surface area contributed by atoms with Crippen molar-refractivity contribution in [2.24, 2.45) is 5.92 Å². The highest BCUT2D eigenvalue weighted by molar-refractivity contribution is 9.28. The summed E-state index contributed by atoms with van der Waals surface area (Å²) < 4.78 is 12.6. The third-order valence-corrected chi connectivity index (χ3v) is 3.25. The molecule has 0 aromatic heterocycles. The second kappa shape index (κ2) is 5.34. The van der Waals surface area contributed by atoms with E-state index in [1.54, 1.807) is 0 Å². The molecule has 0 radical (unpaired) electrons. The molecule has 2 nitrogen and oxygen atoms in total. The molecule has 4 heteroatoms. The van der Waals surface area contributed by atoms with Crippen LogP contribution in [0.1, 0.15) is 27.7 Å². The summed E-state index contributed by atoms with van der Waals surface area (Å²) in [5.74, 6) is -0.271. The molecule has 0 aromatic carbocycles. The standard InChI is InChI=1S/C12H18Br2O2/c1-7(2)8(3)11-9(6-10(13)14)15-12(4,5)16-11/h6,8-9,11H,1H2,2-5H3/t8-,9+,11-/m1/s1. The van der Waals surface area contributed by atoms with Crippen molar-refractivity contribution in [2.75, 3.05) is 0 Å². The van der Waals surface area contributed by atoms with Crippen LogP contribution in [0.3, 0.4) is 0 Å². The number of rotatable bonds is 3. The maximum Gasteiger partial charge on any atom is 0.164 e. The largest absolute Gasteiger partial charge is 0.344 e. The summed E-state index contributed by atoms with van der Waals surface area (Å²) in [5.41, 5.74) is 1.11. The molecule has 0 saturated carbocycles. The Labute approximate surface area is 114 Å². The lowest BCUT2D eigenvalue weighted by atomic mass is 9.94. The van der Waals surface area contributed by atoms with Crippen molar-refractivity contribution in [1.82, 2.24) is 0 Å². The number of ether oxygens (including phenoxy) is 2. The van der Waals surface area contributed by atoms with E-state index < -0.39 is 5.79 Å². The lowest BCUT2D eigenvalue weighted by Crippen LogP contribution is -2.29. The molecular weight excluding hydrogens is 336 g/mol. The molecule has 1 aliphatic heterocycles. The molecule has 0 N–H and O–H groups in total. The van der Waals surface area contributed by atoms with E-state index in [9.17, 15) is 0 Å². The van der Waals surface area contributed by atoms with Gasteiger partial charge in [-0.15, -0.1) is 0 Å². The summed E-state index contributed by atoms with van der Waals surface area (Å²) in [4.78, 5) is 0. The minimum Gasteiger partial charge on any atom is -0.344 e. The number of hydrogen-bond acceptors (Lipinski definition) is 2. The first-order valence-corrected chi connectivity index (χ1v) is 6.85. The van der Waals surface area contributed by atoms with Crippen LogP contribution in [0.15, 0.2) is 21.6 Å². The molecule has 3 atom stereocenters. The summed E-state index contributed by atoms with van der Waals surface area (Å²) in [6.45, 7) is 12.0. The van der Waals surface area contributed by atoms with E-state index in [-0.39, 0.29) is 18.1 Å². The fourth-order valence-corrected chi connectivity index (χ4v) is 2.26. The molecule has 0 aliphatic carbocycles. The van der Waals surface area contributed by atoms with E-state index in [4.69, 9.17) is 9.47 Å². The van der Waals surface area contributed by atoms with Gasteiger partial charge in [0.05, 0.1) is 9.50 Å². The predicted octanol–water partition coefficient (Wildman–Crippen LogP) is 4.35. The fraction of sp³-hybridized carbons (Fsp3) is 0.667. The second-order valence-corrected chi connectivity index (χ2v) is 7.43. The zero-order valence-corrected chi connectivity index (χ0v) is 13.3. The van der Waals surface area contributed by atoms with E-state index in [1.807, 2.05) is 26.8 Å². The van der Waals surface area contributed by atoms with Crippen LogP contribution in [0.5, 0.6) is 0 Å². The molecule has 0 spiro atoms. The van der Waals surface area contributed by atoms with Crippen molar-refractivity contribution < 1.29 is 9.47 Å². The van der Waals surface area contributed by atoms with Gasteiger partial charge in [0.15, 0.2) is 5.79 Å². The van der Waals surface area contributed by atoms with E-state index in [0.717, 1.165) is 8.96 Å². The Balaban J connectivity index is 2.88. The third-order valence-electron chi connectivity index (χ3n) is 2.72. The van der Waals surface area contributed by atoms with Crippen LogP contribution in [-0.2, 0) is 9.47 Å². The Morgan fingerprint density at radius 3 is 2.38 bits per heavy atom. The van der Waals surface area contributed by atoms with Gasteiger partial charge in [-0.05, 0) is 58.7 Å². The first-order chi connectivity index (χ1) is 7.23. The Kier molecular flexibility index (Phi) is 4.81. The van der Waals surface area contributed by atoms with Gasteiger partial charge in [0.25, 0.3) is 0 Å². The van der Waals surface area contributed by atoms with Crippen molar-refractivity contribution in [3.05, 3.63) is 21.6 Å². The van der Waals surface area contributed by atoms with Gasteiger partial charge >= 0.3 is 0 Å². The van der Waals surface area contributed by atoms with Gasteiger partial charge in [-0.2, -0.15) is 0 Å². The van der Waals surface area contributed by atoms with Crippen LogP contribution in [0.2, 0.25) is 0 Å². The van der Waals surface area contributed by atoms with Crippen LogP contribution in [-0.4, -0.2) is 18.0 Å². The lowest BCUT2D eigenvalue weighted by Gasteiger charge is -2.22. The molecule has 1 heterocycles. The van der Waals surface area contributed by atoms with Crippen molar-refractivity contribution in [2.45, 2.75) is 45.7 Å². The minimum absolute atomic E-state index is 0.0117. The van der Waals surface area contributed by atoms with Gasteiger partial charge in [-0.1, -0.05) is 19.1 Å². The molecule has 0 unspecified atom stereocenters. The maximum atomic E-state index is 5.92. The average Bonchev–Trinajstić information content (AvgIpc) is 2.38. The zero-order chi connectivity index (χ0) is 12.5. The molecule has 1 aliphatic rings. The third kappa shape index (κ3) is 3.69. The first kappa shape index (κ1) is 14.4. The Bertz CT molecular complexity index is 306. The summed E-state index contributed by atoms with van der Waals surface area (Å²) in [6.07, 6.45) is 1.92. The molecule has 0 amide bonds. The molecule has 0 bridgehead atoms. The Morgan fingerprint density at radius 1 is 1.38 bits per heavy atom. The van der Waals surface area contributed by atoms with Crippen LogP contribution < -0.4 is 0 Å². The quantitative estimate of drug-likeness (QED) is 0.702. The van der Waals surface area contributed by atoms with Gasteiger partial charge in [0.1, 0.15) is 6.10 Å². The molecule has 92 valence electrons. The summed E-state index contributed by atoms with van der Waals surface area (Å²) in [6, 6.07) is 0. The zero-order valence-electron chi connectivity index (χ0n) is 10.1. The van der Waals surface area contributed by atoms with Gasteiger partial charge in [-0.3, -0.25) is 0 Å². The topological polar surface area (TPSA) is 18.5 Å². The number of halogens is 2.